The normalized spacial score (nSPS) is 9.73. The molecule has 0 aliphatic carbocycles. The first-order chi connectivity index (χ1) is 10.1. The second-order valence-electron chi connectivity index (χ2n) is 4.67. The highest BCUT2D eigenvalue weighted by Crippen LogP contribution is 2.09. The molecule has 0 aliphatic rings. The van der Waals surface area contributed by atoms with Gasteiger partial charge in [-0.2, -0.15) is 0 Å². The minimum Gasteiger partial charge on any atom is -0.356 e. The number of halogens is 2. The fourth-order valence-electron chi connectivity index (χ4n) is 1.74. The van der Waals surface area contributed by atoms with Gasteiger partial charge < -0.3 is 16.0 Å². The molecule has 1 aromatic carbocycles. The van der Waals surface area contributed by atoms with Gasteiger partial charge in [-0.3, -0.25) is 9.59 Å². The maximum Gasteiger partial charge on any atom is 0.251 e. The van der Waals surface area contributed by atoms with Gasteiger partial charge in [0.15, 0.2) is 0 Å². The molecule has 0 atom stereocenters. The lowest BCUT2D eigenvalue weighted by molar-refractivity contribution is -0.121. The summed E-state index contributed by atoms with van der Waals surface area (Å²) < 4.78 is 0. The molecular weight excluding hydrogens is 325 g/mol. The Morgan fingerprint density at radius 1 is 1.00 bits per heavy atom. The lowest BCUT2D eigenvalue weighted by Crippen LogP contribution is -2.28. The van der Waals surface area contributed by atoms with Crippen LogP contribution in [0.5, 0.6) is 0 Å². The zero-order valence-electron chi connectivity index (χ0n) is 12.7. The highest BCUT2D eigenvalue weighted by Gasteiger charge is 2.05. The van der Waals surface area contributed by atoms with Crippen molar-refractivity contribution in [1.29, 1.82) is 0 Å². The van der Waals surface area contributed by atoms with Crippen molar-refractivity contribution in [1.82, 2.24) is 16.0 Å². The summed E-state index contributed by atoms with van der Waals surface area (Å²) in [5.41, 5.74) is 0.566. The van der Waals surface area contributed by atoms with Crippen molar-refractivity contribution >= 4 is 35.8 Å². The molecule has 0 spiro atoms. The van der Waals surface area contributed by atoms with Crippen molar-refractivity contribution in [3.63, 3.8) is 0 Å². The maximum absolute atomic E-state index is 11.8. The highest BCUT2D eigenvalue weighted by atomic mass is 35.5. The standard InChI is InChI=1S/C15H22ClN3O2.ClH/c1-17-9-3-11-18-14(20)4-2-10-19-15(21)12-5-7-13(16)8-6-12;/h5-8,17H,2-4,9-11H2,1H3,(H,18,20)(H,19,21);1H. The third kappa shape index (κ3) is 8.87. The molecule has 0 heterocycles. The van der Waals surface area contributed by atoms with Crippen LogP contribution in [0.4, 0.5) is 0 Å². The molecule has 1 rings (SSSR count). The second-order valence-corrected chi connectivity index (χ2v) is 5.11. The van der Waals surface area contributed by atoms with Gasteiger partial charge in [-0.1, -0.05) is 11.6 Å². The van der Waals surface area contributed by atoms with Gasteiger partial charge in [0.2, 0.25) is 5.91 Å². The van der Waals surface area contributed by atoms with Gasteiger partial charge in [-0.05, 0) is 50.7 Å². The van der Waals surface area contributed by atoms with Crippen LogP contribution in [0, 0.1) is 0 Å². The zero-order valence-corrected chi connectivity index (χ0v) is 14.2. The molecule has 0 bridgehead atoms. The van der Waals surface area contributed by atoms with Crippen LogP contribution in [0.25, 0.3) is 0 Å². The summed E-state index contributed by atoms with van der Waals surface area (Å²) in [5.74, 6) is -0.132. The molecule has 0 aromatic heterocycles. The van der Waals surface area contributed by atoms with Crippen molar-refractivity contribution in [2.45, 2.75) is 19.3 Å². The van der Waals surface area contributed by atoms with Gasteiger partial charge in [0.05, 0.1) is 0 Å². The lowest BCUT2D eigenvalue weighted by atomic mass is 10.2. The molecular formula is C15H23Cl2N3O2. The Labute approximate surface area is 142 Å². The first-order valence-corrected chi connectivity index (χ1v) is 7.46. The zero-order chi connectivity index (χ0) is 15.5. The Kier molecular flexibility index (Phi) is 11.5. The van der Waals surface area contributed by atoms with Crippen molar-refractivity contribution in [2.24, 2.45) is 0 Å². The van der Waals surface area contributed by atoms with Gasteiger partial charge in [-0.25, -0.2) is 0 Å². The minimum absolute atomic E-state index is 0. The molecule has 2 amide bonds. The van der Waals surface area contributed by atoms with Crippen LogP contribution in [0.2, 0.25) is 5.02 Å². The smallest absolute Gasteiger partial charge is 0.251 e. The largest absolute Gasteiger partial charge is 0.356 e. The number of carbonyl (C=O) groups excluding carboxylic acids is 2. The van der Waals surface area contributed by atoms with Crippen molar-refractivity contribution < 1.29 is 9.59 Å². The van der Waals surface area contributed by atoms with Crippen LogP contribution in [0.15, 0.2) is 24.3 Å². The van der Waals surface area contributed by atoms with Gasteiger partial charge >= 0.3 is 0 Å². The minimum atomic E-state index is -0.152. The Bertz CT molecular complexity index is 453. The highest BCUT2D eigenvalue weighted by molar-refractivity contribution is 6.30. The fraction of sp³-hybridized carbons (Fsp3) is 0.467. The monoisotopic (exact) mass is 347 g/mol. The number of rotatable bonds is 9. The Balaban J connectivity index is 0.00000441. The van der Waals surface area contributed by atoms with E-state index in [1.807, 2.05) is 7.05 Å². The number of carbonyl (C=O) groups is 2. The first kappa shape index (κ1) is 20.7. The second kappa shape index (κ2) is 12.3. The average molecular weight is 348 g/mol. The maximum atomic E-state index is 11.8. The topological polar surface area (TPSA) is 70.2 Å². The third-order valence-electron chi connectivity index (χ3n) is 2.90. The summed E-state index contributed by atoms with van der Waals surface area (Å²) in [6, 6.07) is 6.70. The summed E-state index contributed by atoms with van der Waals surface area (Å²) in [4.78, 5) is 23.3. The van der Waals surface area contributed by atoms with E-state index in [1.54, 1.807) is 24.3 Å². The van der Waals surface area contributed by atoms with E-state index in [2.05, 4.69) is 16.0 Å². The Hall–Kier alpha value is -1.30. The predicted molar refractivity (Wildman–Crippen MR) is 91.8 cm³/mol. The van der Waals surface area contributed by atoms with E-state index in [0.29, 0.717) is 36.5 Å². The molecule has 0 aliphatic heterocycles. The number of hydrogen-bond donors (Lipinski definition) is 3. The third-order valence-corrected chi connectivity index (χ3v) is 3.15. The van der Waals surface area contributed by atoms with Gasteiger partial charge in [0, 0.05) is 30.1 Å². The number of benzene rings is 1. The molecule has 0 saturated heterocycles. The molecule has 0 fully saturated rings. The van der Waals surface area contributed by atoms with E-state index in [0.717, 1.165) is 13.0 Å². The van der Waals surface area contributed by atoms with E-state index < -0.39 is 0 Å². The fourth-order valence-corrected chi connectivity index (χ4v) is 1.86. The van der Waals surface area contributed by atoms with E-state index in [-0.39, 0.29) is 24.2 Å². The number of hydrogen-bond acceptors (Lipinski definition) is 3. The molecule has 5 nitrogen and oxygen atoms in total. The summed E-state index contributed by atoms with van der Waals surface area (Å²) >= 11 is 5.76. The predicted octanol–water partition coefficient (Wildman–Crippen LogP) is 2.00. The summed E-state index contributed by atoms with van der Waals surface area (Å²) in [5, 5.41) is 9.23. The molecule has 22 heavy (non-hydrogen) atoms. The molecule has 3 N–H and O–H groups in total. The van der Waals surface area contributed by atoms with E-state index in [9.17, 15) is 9.59 Å². The van der Waals surface area contributed by atoms with Crippen molar-refractivity contribution in [3.05, 3.63) is 34.9 Å². The molecule has 1 aromatic rings. The molecule has 0 unspecified atom stereocenters. The van der Waals surface area contributed by atoms with Crippen LogP contribution in [0.3, 0.4) is 0 Å². The van der Waals surface area contributed by atoms with Crippen LogP contribution in [-0.4, -0.2) is 38.5 Å². The Morgan fingerprint density at radius 3 is 2.27 bits per heavy atom. The van der Waals surface area contributed by atoms with Crippen LogP contribution >= 0.6 is 24.0 Å². The number of nitrogens with one attached hydrogen (secondary N) is 3. The first-order valence-electron chi connectivity index (χ1n) is 7.08. The average Bonchev–Trinajstić information content (AvgIpc) is 2.48. The molecule has 124 valence electrons. The van der Waals surface area contributed by atoms with Gasteiger partial charge in [-0.15, -0.1) is 12.4 Å². The van der Waals surface area contributed by atoms with Crippen LogP contribution < -0.4 is 16.0 Å². The van der Waals surface area contributed by atoms with Crippen molar-refractivity contribution in [2.75, 3.05) is 26.7 Å². The van der Waals surface area contributed by atoms with E-state index in [1.165, 1.54) is 0 Å². The van der Waals surface area contributed by atoms with E-state index in [4.69, 9.17) is 11.6 Å². The van der Waals surface area contributed by atoms with Crippen molar-refractivity contribution in [3.8, 4) is 0 Å². The van der Waals surface area contributed by atoms with Crippen LogP contribution in [-0.2, 0) is 4.79 Å². The molecule has 7 heteroatoms. The van der Waals surface area contributed by atoms with E-state index >= 15 is 0 Å². The number of amides is 2. The molecule has 0 saturated carbocycles. The summed E-state index contributed by atoms with van der Waals surface area (Å²) in [6.07, 6.45) is 1.95. The van der Waals surface area contributed by atoms with Crippen LogP contribution in [0.1, 0.15) is 29.6 Å². The van der Waals surface area contributed by atoms with Gasteiger partial charge in [0.25, 0.3) is 5.91 Å². The van der Waals surface area contributed by atoms with Gasteiger partial charge in [0.1, 0.15) is 0 Å². The lowest BCUT2D eigenvalue weighted by Gasteiger charge is -2.06. The Morgan fingerprint density at radius 2 is 1.64 bits per heavy atom. The summed E-state index contributed by atoms with van der Waals surface area (Å²) in [7, 11) is 1.88. The SMILES string of the molecule is CNCCCNC(=O)CCCNC(=O)c1ccc(Cl)cc1.Cl. The molecule has 0 radical (unpaired) electrons. The quantitative estimate of drug-likeness (QED) is 0.598. The summed E-state index contributed by atoms with van der Waals surface area (Å²) in [6.45, 7) is 2.04.